The Hall–Kier alpha value is -2.41. The van der Waals surface area contributed by atoms with Crippen LogP contribution >= 0.6 is 0 Å². The molecule has 2 aromatic rings. The van der Waals surface area contributed by atoms with Gasteiger partial charge in [-0.2, -0.15) is 0 Å². The van der Waals surface area contributed by atoms with E-state index in [1.165, 1.54) is 11.1 Å². The van der Waals surface area contributed by atoms with E-state index >= 15 is 0 Å². The van der Waals surface area contributed by atoms with E-state index in [-0.39, 0.29) is 12.5 Å². The van der Waals surface area contributed by atoms with Gasteiger partial charge < -0.3 is 20.6 Å². The lowest BCUT2D eigenvalue weighted by molar-refractivity contribution is 0.0842. The lowest BCUT2D eigenvalue weighted by Gasteiger charge is -2.30. The number of aliphatic hydroxyl groups excluding tert-OH is 1. The summed E-state index contributed by atoms with van der Waals surface area (Å²) in [5.74, 6) is -0.145. The molecule has 0 aliphatic carbocycles. The second kappa shape index (κ2) is 10.3. The molecular weight excluding hydrogens is 388 g/mol. The maximum absolute atomic E-state index is 12.5. The third-order valence-corrected chi connectivity index (χ3v) is 6.41. The predicted molar refractivity (Wildman–Crippen MR) is 124 cm³/mol. The van der Waals surface area contributed by atoms with Gasteiger partial charge in [0.1, 0.15) is 0 Å². The second-order valence-electron chi connectivity index (χ2n) is 8.92. The van der Waals surface area contributed by atoms with Crippen molar-refractivity contribution in [1.29, 1.82) is 0 Å². The highest BCUT2D eigenvalue weighted by molar-refractivity contribution is 5.94. The van der Waals surface area contributed by atoms with E-state index in [4.69, 9.17) is 0 Å². The van der Waals surface area contributed by atoms with Crippen LogP contribution in [0.2, 0.25) is 0 Å². The summed E-state index contributed by atoms with van der Waals surface area (Å²) in [7, 11) is 2.16. The largest absolute Gasteiger partial charge is 0.390 e. The summed E-state index contributed by atoms with van der Waals surface area (Å²) in [6.45, 7) is 4.84. The van der Waals surface area contributed by atoms with Crippen LogP contribution in [0, 0.1) is 0 Å². The number of nitrogens with one attached hydrogen (secondary N) is 2. The van der Waals surface area contributed by atoms with Crippen molar-refractivity contribution in [2.24, 2.45) is 0 Å². The number of amides is 1. The summed E-state index contributed by atoms with van der Waals surface area (Å²) in [6.07, 6.45) is 2.70. The fraction of sp³-hybridized carbons (Fsp3) is 0.480. The van der Waals surface area contributed by atoms with E-state index in [0.717, 1.165) is 51.1 Å². The van der Waals surface area contributed by atoms with Crippen molar-refractivity contribution < 1.29 is 9.90 Å². The van der Waals surface area contributed by atoms with E-state index in [9.17, 15) is 9.90 Å². The Morgan fingerprint density at radius 2 is 1.77 bits per heavy atom. The maximum Gasteiger partial charge on any atom is 0.251 e. The molecule has 0 spiro atoms. The molecule has 0 saturated carbocycles. The number of nitrogens with zero attached hydrogens (tertiary/aromatic N) is 2. The number of aliphatic hydroxyl groups is 1. The predicted octanol–water partition coefficient (Wildman–Crippen LogP) is 2.34. The normalized spacial score (nSPS) is 18.9. The van der Waals surface area contributed by atoms with Crippen LogP contribution in [0.3, 0.4) is 0 Å². The molecule has 3 N–H and O–H groups in total. The molecule has 0 aromatic heterocycles. The number of hydrogen-bond donors (Lipinski definition) is 3. The zero-order chi connectivity index (χ0) is 21.6. The number of benzene rings is 2. The van der Waals surface area contributed by atoms with Gasteiger partial charge in [-0.15, -0.1) is 0 Å². The molecule has 2 aliphatic rings. The molecule has 0 bridgehead atoms. The van der Waals surface area contributed by atoms with Gasteiger partial charge in [0.15, 0.2) is 0 Å². The monoisotopic (exact) mass is 422 g/mol. The fourth-order valence-electron chi connectivity index (χ4n) is 4.49. The SMILES string of the molecule is CN1CCC(Nc2ccc(C(=O)NCC(O)CN3CCc4ccccc4C3)cc2)CC1. The molecule has 0 radical (unpaired) electrons. The smallest absolute Gasteiger partial charge is 0.251 e. The third-order valence-electron chi connectivity index (χ3n) is 6.41. The van der Waals surface area contributed by atoms with E-state index in [1.807, 2.05) is 24.3 Å². The topological polar surface area (TPSA) is 67.8 Å². The van der Waals surface area contributed by atoms with E-state index < -0.39 is 6.10 Å². The average Bonchev–Trinajstić information content (AvgIpc) is 2.79. The van der Waals surface area contributed by atoms with E-state index in [0.29, 0.717) is 18.2 Å². The third kappa shape index (κ3) is 6.06. The number of fused-ring (bicyclic) bond motifs is 1. The van der Waals surface area contributed by atoms with Crippen LogP contribution in [0.5, 0.6) is 0 Å². The number of carbonyl (C=O) groups excluding carboxylic acids is 1. The molecule has 6 nitrogen and oxygen atoms in total. The molecule has 1 amide bonds. The van der Waals surface area contributed by atoms with Crippen molar-refractivity contribution in [3.05, 3.63) is 65.2 Å². The van der Waals surface area contributed by atoms with Gasteiger partial charge in [-0.25, -0.2) is 0 Å². The first kappa shape index (κ1) is 21.8. The molecule has 4 rings (SSSR count). The number of rotatable bonds is 7. The zero-order valence-electron chi connectivity index (χ0n) is 18.4. The summed E-state index contributed by atoms with van der Waals surface area (Å²) in [6, 6.07) is 16.6. The number of carbonyl (C=O) groups is 1. The number of hydrogen-bond acceptors (Lipinski definition) is 5. The first-order valence-corrected chi connectivity index (χ1v) is 11.4. The van der Waals surface area contributed by atoms with Crippen LogP contribution in [0.25, 0.3) is 0 Å². The Balaban J connectivity index is 1.20. The summed E-state index contributed by atoms with van der Waals surface area (Å²) >= 11 is 0. The molecule has 1 unspecified atom stereocenters. The maximum atomic E-state index is 12.5. The fourth-order valence-corrected chi connectivity index (χ4v) is 4.49. The van der Waals surface area contributed by atoms with Crippen LogP contribution in [0.15, 0.2) is 48.5 Å². The van der Waals surface area contributed by atoms with Gasteiger partial charge in [-0.05, 0) is 74.8 Å². The van der Waals surface area contributed by atoms with Crippen LogP contribution in [-0.4, -0.2) is 72.7 Å². The second-order valence-corrected chi connectivity index (χ2v) is 8.92. The Bertz CT molecular complexity index is 862. The van der Waals surface area contributed by atoms with Crippen LogP contribution < -0.4 is 10.6 Å². The highest BCUT2D eigenvalue weighted by Gasteiger charge is 2.19. The van der Waals surface area contributed by atoms with Crippen molar-refractivity contribution in [1.82, 2.24) is 15.1 Å². The van der Waals surface area contributed by atoms with Gasteiger partial charge in [0, 0.05) is 43.5 Å². The Morgan fingerprint density at radius 3 is 2.52 bits per heavy atom. The minimum absolute atomic E-state index is 0.145. The summed E-state index contributed by atoms with van der Waals surface area (Å²) in [5.41, 5.74) is 4.40. The first-order chi connectivity index (χ1) is 15.1. The molecule has 2 heterocycles. The van der Waals surface area contributed by atoms with E-state index in [2.05, 4.69) is 51.7 Å². The summed E-state index contributed by atoms with van der Waals surface area (Å²) < 4.78 is 0. The van der Waals surface area contributed by atoms with Gasteiger partial charge in [0.2, 0.25) is 0 Å². The van der Waals surface area contributed by atoms with Crippen molar-refractivity contribution >= 4 is 11.6 Å². The zero-order valence-corrected chi connectivity index (χ0v) is 18.4. The Morgan fingerprint density at radius 1 is 1.06 bits per heavy atom. The molecule has 1 saturated heterocycles. The number of β-amino-alcohol motifs (C(OH)–C–C–N with tert-alkyl or cyclic N) is 1. The highest BCUT2D eigenvalue weighted by Crippen LogP contribution is 2.19. The average molecular weight is 423 g/mol. The lowest BCUT2D eigenvalue weighted by atomic mass is 10.00. The van der Waals surface area contributed by atoms with Crippen molar-refractivity contribution in [3.63, 3.8) is 0 Å². The standard InChI is InChI=1S/C25H34N4O2/c1-28-13-11-23(12-14-28)27-22-8-6-20(7-9-22)25(31)26-16-24(30)18-29-15-10-19-4-2-3-5-21(19)17-29/h2-9,23-24,27,30H,10-18H2,1H3,(H,26,31). The van der Waals surface area contributed by atoms with Gasteiger partial charge in [-0.1, -0.05) is 24.3 Å². The molecule has 2 aliphatic heterocycles. The van der Waals surface area contributed by atoms with Crippen LogP contribution in [0.4, 0.5) is 5.69 Å². The molecule has 6 heteroatoms. The van der Waals surface area contributed by atoms with Crippen LogP contribution in [-0.2, 0) is 13.0 Å². The summed E-state index contributed by atoms with van der Waals surface area (Å²) in [5, 5.41) is 16.9. The molecule has 166 valence electrons. The van der Waals surface area contributed by atoms with Crippen molar-refractivity contribution in [2.45, 2.75) is 38.0 Å². The molecule has 31 heavy (non-hydrogen) atoms. The van der Waals surface area contributed by atoms with Gasteiger partial charge in [0.05, 0.1) is 6.10 Å². The number of piperidine rings is 1. The van der Waals surface area contributed by atoms with E-state index in [1.54, 1.807) is 0 Å². The number of likely N-dealkylation sites (tertiary alicyclic amines) is 1. The van der Waals surface area contributed by atoms with Gasteiger partial charge in [-0.3, -0.25) is 9.69 Å². The highest BCUT2D eigenvalue weighted by atomic mass is 16.3. The quantitative estimate of drug-likeness (QED) is 0.639. The molecule has 1 fully saturated rings. The van der Waals surface area contributed by atoms with Gasteiger partial charge >= 0.3 is 0 Å². The first-order valence-electron chi connectivity index (χ1n) is 11.4. The number of anilines is 1. The molecule has 1 atom stereocenters. The summed E-state index contributed by atoms with van der Waals surface area (Å²) in [4.78, 5) is 17.1. The van der Waals surface area contributed by atoms with Crippen molar-refractivity contribution in [3.8, 4) is 0 Å². The minimum atomic E-state index is -0.584. The van der Waals surface area contributed by atoms with Crippen LogP contribution in [0.1, 0.15) is 34.3 Å². The Labute approximate surface area is 185 Å². The molecule has 2 aromatic carbocycles. The lowest BCUT2D eigenvalue weighted by Crippen LogP contribution is -2.42. The molecular formula is C25H34N4O2. The van der Waals surface area contributed by atoms with Crippen molar-refractivity contribution in [2.75, 3.05) is 45.1 Å². The Kier molecular flexibility index (Phi) is 7.22. The minimum Gasteiger partial charge on any atom is -0.390 e. The van der Waals surface area contributed by atoms with Gasteiger partial charge in [0.25, 0.3) is 5.91 Å².